The molecule has 0 heterocycles. The van der Waals surface area contributed by atoms with Crippen molar-refractivity contribution in [2.45, 2.75) is 53.5 Å². The third kappa shape index (κ3) is 4.54. The van der Waals surface area contributed by atoms with Crippen LogP contribution in [0.5, 0.6) is 5.75 Å². The average molecular weight is 263 g/mol. The molecule has 0 aliphatic rings. The van der Waals surface area contributed by atoms with E-state index >= 15 is 0 Å². The molecule has 1 aromatic rings. The van der Waals surface area contributed by atoms with Crippen LogP contribution in [0.2, 0.25) is 0 Å². The van der Waals surface area contributed by atoms with Crippen LogP contribution in [0.3, 0.4) is 0 Å². The third-order valence-electron chi connectivity index (χ3n) is 3.85. The van der Waals surface area contributed by atoms with Gasteiger partial charge in [0.1, 0.15) is 5.75 Å². The SMILES string of the molecule is CCNC(CCc1cc(C)c(OC)cc1C)C(C)C. The second-order valence-electron chi connectivity index (χ2n) is 5.70. The van der Waals surface area contributed by atoms with E-state index in [1.807, 2.05) is 0 Å². The molecule has 1 N–H and O–H groups in total. The lowest BCUT2D eigenvalue weighted by molar-refractivity contribution is 0.384. The van der Waals surface area contributed by atoms with Gasteiger partial charge in [-0.25, -0.2) is 0 Å². The van der Waals surface area contributed by atoms with Gasteiger partial charge in [0.2, 0.25) is 0 Å². The molecule has 0 aromatic heterocycles. The Balaban J connectivity index is 2.74. The van der Waals surface area contributed by atoms with Crippen LogP contribution in [-0.2, 0) is 6.42 Å². The lowest BCUT2D eigenvalue weighted by Crippen LogP contribution is -2.34. The molecule has 0 aliphatic carbocycles. The molecule has 0 saturated heterocycles. The summed E-state index contributed by atoms with van der Waals surface area (Å²) in [5.74, 6) is 1.67. The topological polar surface area (TPSA) is 21.3 Å². The number of benzene rings is 1. The lowest BCUT2D eigenvalue weighted by atomic mass is 9.94. The van der Waals surface area contributed by atoms with Crippen molar-refractivity contribution in [3.8, 4) is 5.75 Å². The Morgan fingerprint density at radius 1 is 1.16 bits per heavy atom. The number of ether oxygens (including phenoxy) is 1. The highest BCUT2D eigenvalue weighted by Gasteiger charge is 2.13. The molecule has 0 fully saturated rings. The summed E-state index contributed by atoms with van der Waals surface area (Å²) in [6.07, 6.45) is 2.32. The van der Waals surface area contributed by atoms with Crippen molar-refractivity contribution in [3.05, 3.63) is 28.8 Å². The molecule has 1 atom stereocenters. The first kappa shape index (κ1) is 16.0. The van der Waals surface area contributed by atoms with Gasteiger partial charge in [-0.1, -0.05) is 26.8 Å². The minimum atomic E-state index is 0.604. The van der Waals surface area contributed by atoms with Crippen LogP contribution < -0.4 is 10.1 Å². The van der Waals surface area contributed by atoms with Crippen molar-refractivity contribution < 1.29 is 4.74 Å². The van der Waals surface area contributed by atoms with Crippen LogP contribution in [-0.4, -0.2) is 19.7 Å². The van der Waals surface area contributed by atoms with Gasteiger partial charge in [0.05, 0.1) is 7.11 Å². The zero-order valence-electron chi connectivity index (χ0n) is 13.3. The van der Waals surface area contributed by atoms with Gasteiger partial charge < -0.3 is 10.1 Å². The molecule has 108 valence electrons. The molecule has 19 heavy (non-hydrogen) atoms. The molecular weight excluding hydrogens is 234 g/mol. The molecule has 1 unspecified atom stereocenters. The standard InChI is InChI=1S/C17H29NO/c1-7-18-16(12(2)3)9-8-15-10-14(5)17(19-6)11-13(15)4/h10-12,16,18H,7-9H2,1-6H3. The molecular formula is C17H29NO. The monoisotopic (exact) mass is 263 g/mol. The van der Waals surface area contributed by atoms with Crippen molar-refractivity contribution >= 4 is 0 Å². The largest absolute Gasteiger partial charge is 0.496 e. The first-order valence-electron chi connectivity index (χ1n) is 7.37. The van der Waals surface area contributed by atoms with Gasteiger partial charge in [0.15, 0.2) is 0 Å². The predicted molar refractivity (Wildman–Crippen MR) is 83.1 cm³/mol. The summed E-state index contributed by atoms with van der Waals surface area (Å²) in [7, 11) is 1.74. The van der Waals surface area contributed by atoms with Crippen LogP contribution in [0.1, 0.15) is 43.9 Å². The lowest BCUT2D eigenvalue weighted by Gasteiger charge is -2.22. The van der Waals surface area contributed by atoms with E-state index in [0.717, 1.165) is 18.7 Å². The normalized spacial score (nSPS) is 12.8. The Morgan fingerprint density at radius 3 is 2.37 bits per heavy atom. The molecule has 0 radical (unpaired) electrons. The first-order chi connectivity index (χ1) is 8.99. The molecule has 1 aromatic carbocycles. The van der Waals surface area contributed by atoms with E-state index in [-0.39, 0.29) is 0 Å². The van der Waals surface area contributed by atoms with E-state index in [4.69, 9.17) is 4.74 Å². The number of hydrogen-bond donors (Lipinski definition) is 1. The minimum absolute atomic E-state index is 0.604. The second kappa shape index (κ2) is 7.54. The Morgan fingerprint density at radius 2 is 1.84 bits per heavy atom. The molecule has 1 rings (SSSR count). The van der Waals surface area contributed by atoms with Crippen LogP contribution in [0, 0.1) is 19.8 Å². The summed E-state index contributed by atoms with van der Waals surface area (Å²) in [5, 5.41) is 3.58. The zero-order valence-corrected chi connectivity index (χ0v) is 13.3. The fraction of sp³-hybridized carbons (Fsp3) is 0.647. The Labute approximate surface area is 118 Å². The second-order valence-corrected chi connectivity index (χ2v) is 5.70. The summed E-state index contributed by atoms with van der Waals surface area (Å²) in [5.41, 5.74) is 4.01. The average Bonchev–Trinajstić information content (AvgIpc) is 2.37. The van der Waals surface area contributed by atoms with Gasteiger partial charge in [-0.2, -0.15) is 0 Å². The smallest absolute Gasteiger partial charge is 0.122 e. The fourth-order valence-corrected chi connectivity index (χ4v) is 2.58. The van der Waals surface area contributed by atoms with Crippen LogP contribution >= 0.6 is 0 Å². The maximum atomic E-state index is 5.37. The van der Waals surface area contributed by atoms with E-state index in [1.54, 1.807) is 7.11 Å². The predicted octanol–water partition coefficient (Wildman–Crippen LogP) is 3.88. The molecule has 2 nitrogen and oxygen atoms in total. The van der Waals surface area contributed by atoms with Crippen molar-refractivity contribution in [1.29, 1.82) is 0 Å². The third-order valence-corrected chi connectivity index (χ3v) is 3.85. The van der Waals surface area contributed by atoms with Gasteiger partial charge >= 0.3 is 0 Å². The van der Waals surface area contributed by atoms with Gasteiger partial charge in [0, 0.05) is 6.04 Å². The molecule has 0 amide bonds. The maximum absolute atomic E-state index is 5.37. The number of methoxy groups -OCH3 is 1. The van der Waals surface area contributed by atoms with Crippen molar-refractivity contribution in [2.24, 2.45) is 5.92 Å². The molecule has 0 aliphatic heterocycles. The summed E-state index contributed by atoms with van der Waals surface area (Å²) in [4.78, 5) is 0. The number of hydrogen-bond acceptors (Lipinski definition) is 2. The highest BCUT2D eigenvalue weighted by molar-refractivity contribution is 5.41. The number of nitrogens with one attached hydrogen (secondary N) is 1. The number of aryl methyl sites for hydroxylation is 3. The van der Waals surface area contributed by atoms with E-state index in [2.05, 4.69) is 52.1 Å². The fourth-order valence-electron chi connectivity index (χ4n) is 2.58. The van der Waals surface area contributed by atoms with Gasteiger partial charge in [-0.05, 0) is 61.9 Å². The number of rotatable bonds is 7. The molecule has 0 bridgehead atoms. The van der Waals surface area contributed by atoms with Gasteiger partial charge in [-0.15, -0.1) is 0 Å². The quantitative estimate of drug-likeness (QED) is 0.806. The Hall–Kier alpha value is -1.02. The van der Waals surface area contributed by atoms with E-state index in [9.17, 15) is 0 Å². The van der Waals surface area contributed by atoms with Gasteiger partial charge in [-0.3, -0.25) is 0 Å². The van der Waals surface area contributed by atoms with E-state index in [0.29, 0.717) is 12.0 Å². The maximum Gasteiger partial charge on any atom is 0.122 e. The van der Waals surface area contributed by atoms with E-state index in [1.165, 1.54) is 23.1 Å². The Kier molecular flexibility index (Phi) is 6.36. The summed E-state index contributed by atoms with van der Waals surface area (Å²) in [6, 6.07) is 5.03. The van der Waals surface area contributed by atoms with Crippen LogP contribution in [0.25, 0.3) is 0 Å². The highest BCUT2D eigenvalue weighted by Crippen LogP contribution is 2.24. The molecule has 0 spiro atoms. The minimum Gasteiger partial charge on any atom is -0.496 e. The van der Waals surface area contributed by atoms with Gasteiger partial charge in [0.25, 0.3) is 0 Å². The van der Waals surface area contributed by atoms with Crippen molar-refractivity contribution in [3.63, 3.8) is 0 Å². The summed E-state index contributed by atoms with van der Waals surface area (Å²) < 4.78 is 5.37. The highest BCUT2D eigenvalue weighted by atomic mass is 16.5. The van der Waals surface area contributed by atoms with Crippen molar-refractivity contribution in [1.82, 2.24) is 5.32 Å². The summed E-state index contributed by atoms with van der Waals surface area (Å²) >= 11 is 0. The van der Waals surface area contributed by atoms with Crippen LogP contribution in [0.4, 0.5) is 0 Å². The van der Waals surface area contributed by atoms with E-state index < -0.39 is 0 Å². The molecule has 0 saturated carbocycles. The van der Waals surface area contributed by atoms with Crippen LogP contribution in [0.15, 0.2) is 12.1 Å². The Bertz CT molecular complexity index is 398. The molecule has 2 heteroatoms. The zero-order chi connectivity index (χ0) is 14.4. The first-order valence-corrected chi connectivity index (χ1v) is 7.37. The summed E-state index contributed by atoms with van der Waals surface area (Å²) in [6.45, 7) is 12.1. The van der Waals surface area contributed by atoms with Crippen molar-refractivity contribution in [2.75, 3.05) is 13.7 Å².